The molecule has 0 aliphatic carbocycles. The van der Waals surface area contributed by atoms with Gasteiger partial charge in [-0.25, -0.2) is 18.1 Å². The van der Waals surface area contributed by atoms with Gasteiger partial charge in [-0.2, -0.15) is 0 Å². The molecule has 18 heavy (non-hydrogen) atoms. The second-order valence-electron chi connectivity index (χ2n) is 3.92. The van der Waals surface area contributed by atoms with Gasteiger partial charge >= 0.3 is 5.97 Å². The number of carbonyl (C=O) groups is 1. The SMILES string of the molecule is CCC(CNS(=O)(=O)c1cnc(C)s1)CC(=O)O. The van der Waals surface area contributed by atoms with Crippen molar-refractivity contribution in [3.05, 3.63) is 11.2 Å². The Morgan fingerprint density at radius 1 is 1.61 bits per heavy atom. The largest absolute Gasteiger partial charge is 0.481 e. The van der Waals surface area contributed by atoms with Crippen molar-refractivity contribution in [1.82, 2.24) is 9.71 Å². The minimum Gasteiger partial charge on any atom is -0.481 e. The van der Waals surface area contributed by atoms with Crippen LogP contribution in [0.2, 0.25) is 0 Å². The highest BCUT2D eigenvalue weighted by molar-refractivity contribution is 7.91. The van der Waals surface area contributed by atoms with Crippen LogP contribution in [0, 0.1) is 12.8 Å². The molecule has 0 aliphatic rings. The Hall–Kier alpha value is -0.990. The minimum atomic E-state index is -3.57. The first-order chi connectivity index (χ1) is 8.35. The lowest BCUT2D eigenvalue weighted by molar-refractivity contribution is -0.138. The summed E-state index contributed by atoms with van der Waals surface area (Å²) in [5, 5.41) is 9.35. The van der Waals surface area contributed by atoms with Gasteiger partial charge in [-0.05, 0) is 12.8 Å². The quantitative estimate of drug-likeness (QED) is 0.788. The summed E-state index contributed by atoms with van der Waals surface area (Å²) in [6.07, 6.45) is 1.87. The zero-order chi connectivity index (χ0) is 13.8. The number of nitrogens with zero attached hydrogens (tertiary/aromatic N) is 1. The Morgan fingerprint density at radius 3 is 2.72 bits per heavy atom. The highest BCUT2D eigenvalue weighted by Gasteiger charge is 2.19. The van der Waals surface area contributed by atoms with E-state index in [4.69, 9.17) is 5.11 Å². The molecule has 1 rings (SSSR count). The van der Waals surface area contributed by atoms with Crippen molar-refractivity contribution in [2.75, 3.05) is 6.54 Å². The van der Waals surface area contributed by atoms with Gasteiger partial charge in [0.25, 0.3) is 10.0 Å². The first kappa shape index (κ1) is 15.1. The van der Waals surface area contributed by atoms with Crippen LogP contribution in [0.1, 0.15) is 24.8 Å². The molecule has 0 saturated heterocycles. The van der Waals surface area contributed by atoms with Gasteiger partial charge in [0, 0.05) is 13.0 Å². The number of aliphatic carboxylic acids is 1. The minimum absolute atomic E-state index is 0.0409. The average Bonchev–Trinajstić information content (AvgIpc) is 2.71. The molecule has 0 aromatic carbocycles. The smallest absolute Gasteiger partial charge is 0.303 e. The number of sulfonamides is 1. The standard InChI is InChI=1S/C10H16N2O4S2/c1-3-8(4-9(13)14)5-12-18(15,16)10-6-11-7(2)17-10/h6,8,12H,3-5H2,1-2H3,(H,13,14). The van der Waals surface area contributed by atoms with Gasteiger partial charge in [0.1, 0.15) is 0 Å². The molecule has 6 nitrogen and oxygen atoms in total. The summed E-state index contributed by atoms with van der Waals surface area (Å²) in [4.78, 5) is 14.5. The van der Waals surface area contributed by atoms with Gasteiger partial charge in [0.2, 0.25) is 0 Å². The molecule has 8 heteroatoms. The summed E-state index contributed by atoms with van der Waals surface area (Å²) in [6, 6.07) is 0. The molecule has 2 N–H and O–H groups in total. The molecule has 1 unspecified atom stereocenters. The van der Waals surface area contributed by atoms with Crippen molar-refractivity contribution in [1.29, 1.82) is 0 Å². The molecule has 0 fully saturated rings. The molecule has 0 spiro atoms. The molecule has 0 bridgehead atoms. The van der Waals surface area contributed by atoms with Crippen molar-refractivity contribution >= 4 is 27.3 Å². The topological polar surface area (TPSA) is 96.4 Å². The van der Waals surface area contributed by atoms with Crippen LogP contribution in [-0.4, -0.2) is 31.0 Å². The zero-order valence-corrected chi connectivity index (χ0v) is 11.8. The van der Waals surface area contributed by atoms with Crippen LogP contribution in [0.25, 0.3) is 0 Å². The van der Waals surface area contributed by atoms with E-state index in [9.17, 15) is 13.2 Å². The van der Waals surface area contributed by atoms with Crippen LogP contribution < -0.4 is 4.72 Å². The predicted octanol–water partition coefficient (Wildman–Crippen LogP) is 1.23. The highest BCUT2D eigenvalue weighted by atomic mass is 32.2. The number of hydrogen-bond donors (Lipinski definition) is 2. The zero-order valence-electron chi connectivity index (χ0n) is 10.2. The van der Waals surface area contributed by atoms with Crippen molar-refractivity contribution in [2.24, 2.45) is 5.92 Å². The summed E-state index contributed by atoms with van der Waals surface area (Å²) in [6.45, 7) is 3.68. The number of thiazole rings is 1. The summed E-state index contributed by atoms with van der Waals surface area (Å²) in [7, 11) is -3.57. The predicted molar refractivity (Wildman–Crippen MR) is 68.1 cm³/mol. The maximum atomic E-state index is 11.9. The van der Waals surface area contributed by atoms with Gasteiger partial charge in [-0.15, -0.1) is 11.3 Å². The van der Waals surface area contributed by atoms with Gasteiger partial charge in [-0.1, -0.05) is 13.3 Å². The number of nitrogens with one attached hydrogen (secondary N) is 1. The van der Waals surface area contributed by atoms with Gasteiger partial charge in [-0.3, -0.25) is 4.79 Å². The second kappa shape index (κ2) is 6.26. The first-order valence-electron chi connectivity index (χ1n) is 5.49. The lowest BCUT2D eigenvalue weighted by Gasteiger charge is -2.12. The Labute approximate surface area is 110 Å². The third kappa shape index (κ3) is 4.35. The average molecular weight is 292 g/mol. The molecule has 0 radical (unpaired) electrons. The third-order valence-corrected chi connectivity index (χ3v) is 5.27. The van der Waals surface area contributed by atoms with Crippen molar-refractivity contribution < 1.29 is 18.3 Å². The van der Waals surface area contributed by atoms with E-state index >= 15 is 0 Å². The highest BCUT2D eigenvalue weighted by Crippen LogP contribution is 2.18. The van der Waals surface area contributed by atoms with Gasteiger partial charge in [0.15, 0.2) is 4.21 Å². The number of hydrogen-bond acceptors (Lipinski definition) is 5. The number of carboxylic acid groups (broad SMARTS) is 1. The van der Waals surface area contributed by atoms with Crippen LogP contribution in [-0.2, 0) is 14.8 Å². The summed E-state index contributed by atoms with van der Waals surface area (Å²) in [5.41, 5.74) is 0. The van der Waals surface area contributed by atoms with Crippen molar-refractivity contribution in [2.45, 2.75) is 30.9 Å². The van der Waals surface area contributed by atoms with E-state index in [0.717, 1.165) is 11.3 Å². The fraction of sp³-hybridized carbons (Fsp3) is 0.600. The fourth-order valence-corrected chi connectivity index (χ4v) is 3.64. The normalized spacial score (nSPS) is 13.4. The number of rotatable bonds is 7. The molecule has 1 aromatic rings. The molecular weight excluding hydrogens is 276 g/mol. The lowest BCUT2D eigenvalue weighted by Crippen LogP contribution is -2.29. The first-order valence-corrected chi connectivity index (χ1v) is 7.79. The Kier molecular flexibility index (Phi) is 5.24. The van der Waals surface area contributed by atoms with Crippen LogP contribution in [0.4, 0.5) is 0 Å². The van der Waals surface area contributed by atoms with Crippen molar-refractivity contribution in [3.63, 3.8) is 0 Å². The van der Waals surface area contributed by atoms with E-state index in [-0.39, 0.29) is 23.1 Å². The van der Waals surface area contributed by atoms with E-state index in [1.54, 1.807) is 6.92 Å². The Balaban J connectivity index is 2.64. The summed E-state index contributed by atoms with van der Waals surface area (Å²) in [5.74, 6) is -1.12. The number of aromatic nitrogens is 1. The maximum absolute atomic E-state index is 11.9. The Morgan fingerprint density at radius 2 is 2.28 bits per heavy atom. The molecule has 1 atom stereocenters. The molecule has 102 valence electrons. The summed E-state index contributed by atoms with van der Waals surface area (Å²) >= 11 is 1.09. The molecule has 1 heterocycles. The van der Waals surface area contributed by atoms with Crippen LogP contribution in [0.5, 0.6) is 0 Å². The second-order valence-corrected chi connectivity index (χ2v) is 7.15. The molecule has 1 aromatic heterocycles. The van der Waals surface area contributed by atoms with Crippen LogP contribution >= 0.6 is 11.3 Å². The summed E-state index contributed by atoms with van der Waals surface area (Å²) < 4.78 is 26.3. The number of carboxylic acids is 1. The molecule has 0 amide bonds. The van der Waals surface area contributed by atoms with E-state index in [1.807, 2.05) is 6.92 Å². The maximum Gasteiger partial charge on any atom is 0.303 e. The molecule has 0 aliphatic heterocycles. The van der Waals surface area contributed by atoms with Crippen LogP contribution in [0.15, 0.2) is 10.4 Å². The van der Waals surface area contributed by atoms with Gasteiger partial charge < -0.3 is 5.11 Å². The van der Waals surface area contributed by atoms with Crippen molar-refractivity contribution in [3.8, 4) is 0 Å². The van der Waals surface area contributed by atoms with E-state index < -0.39 is 16.0 Å². The monoisotopic (exact) mass is 292 g/mol. The van der Waals surface area contributed by atoms with Crippen LogP contribution in [0.3, 0.4) is 0 Å². The van der Waals surface area contributed by atoms with E-state index in [1.165, 1.54) is 6.20 Å². The number of aryl methyl sites for hydroxylation is 1. The third-order valence-electron chi connectivity index (χ3n) is 2.47. The van der Waals surface area contributed by atoms with E-state index in [2.05, 4.69) is 9.71 Å². The fourth-order valence-electron chi connectivity index (χ4n) is 1.37. The van der Waals surface area contributed by atoms with E-state index in [0.29, 0.717) is 11.4 Å². The van der Waals surface area contributed by atoms with Gasteiger partial charge in [0.05, 0.1) is 11.2 Å². The lowest BCUT2D eigenvalue weighted by atomic mass is 10.0. The Bertz CT molecular complexity index is 510. The molecular formula is C10H16N2O4S2. The molecule has 0 saturated carbocycles.